The van der Waals surface area contributed by atoms with Crippen molar-refractivity contribution in [3.8, 4) is 0 Å². The molecule has 0 unspecified atom stereocenters. The van der Waals surface area contributed by atoms with Gasteiger partial charge >= 0.3 is 0 Å². The molecule has 20 heavy (non-hydrogen) atoms. The van der Waals surface area contributed by atoms with E-state index in [9.17, 15) is 4.79 Å². The summed E-state index contributed by atoms with van der Waals surface area (Å²) in [5.41, 5.74) is 1.08. The molecule has 0 spiro atoms. The largest absolute Gasteiger partial charge is 0.350 e. The smallest absolute Gasteiger partial charge is 0.165 e. The van der Waals surface area contributed by atoms with Crippen molar-refractivity contribution in [3.05, 3.63) is 11.6 Å². The molecule has 1 aliphatic heterocycles. The Labute approximate surface area is 122 Å². The predicted octanol–water partition coefficient (Wildman–Crippen LogP) is 3.73. The summed E-state index contributed by atoms with van der Waals surface area (Å²) in [5, 5.41) is 0. The Morgan fingerprint density at radius 3 is 2.55 bits per heavy atom. The Morgan fingerprint density at radius 1 is 1.30 bits per heavy atom. The summed E-state index contributed by atoms with van der Waals surface area (Å²) >= 11 is 0. The van der Waals surface area contributed by atoms with Crippen molar-refractivity contribution in [1.29, 1.82) is 0 Å². The van der Waals surface area contributed by atoms with E-state index in [2.05, 4.69) is 26.8 Å². The molecule has 0 radical (unpaired) electrons. The number of ether oxygens (including phenoxy) is 2. The molecule has 0 N–H and O–H groups in total. The van der Waals surface area contributed by atoms with Gasteiger partial charge in [0.05, 0.1) is 13.2 Å². The minimum Gasteiger partial charge on any atom is -0.350 e. The molecule has 2 aliphatic rings. The fourth-order valence-corrected chi connectivity index (χ4v) is 3.12. The van der Waals surface area contributed by atoms with Crippen molar-refractivity contribution in [2.45, 2.75) is 59.2 Å². The summed E-state index contributed by atoms with van der Waals surface area (Å²) in [4.78, 5) is 11.2. The van der Waals surface area contributed by atoms with Crippen LogP contribution in [0, 0.1) is 17.3 Å². The van der Waals surface area contributed by atoms with Crippen LogP contribution in [0.15, 0.2) is 11.6 Å². The number of hydrogen-bond acceptors (Lipinski definition) is 3. The molecular formula is C17H28O3. The van der Waals surface area contributed by atoms with E-state index in [-0.39, 0.29) is 5.41 Å². The van der Waals surface area contributed by atoms with Gasteiger partial charge in [0.1, 0.15) is 6.29 Å². The molecule has 1 heterocycles. The standard InChI is InChI=1S/C17H28O3/c1-13-6-5-7-14(10-18)15(13)8-9-17(4)19-11-16(2,3)12-20-17/h7,10,13,15H,5-6,8-9,11-12H2,1-4H3/t13-,15+/m1/s1. The van der Waals surface area contributed by atoms with Gasteiger partial charge in [-0.05, 0) is 43.6 Å². The molecule has 0 aromatic carbocycles. The Kier molecular flexibility index (Phi) is 4.70. The zero-order valence-electron chi connectivity index (χ0n) is 13.3. The van der Waals surface area contributed by atoms with Crippen LogP contribution in [0.3, 0.4) is 0 Å². The number of carbonyl (C=O) groups is 1. The summed E-state index contributed by atoms with van der Waals surface area (Å²) < 4.78 is 11.9. The van der Waals surface area contributed by atoms with Gasteiger partial charge < -0.3 is 9.47 Å². The number of carbonyl (C=O) groups excluding carboxylic acids is 1. The van der Waals surface area contributed by atoms with Gasteiger partial charge in [0.2, 0.25) is 0 Å². The highest BCUT2D eigenvalue weighted by atomic mass is 16.7. The van der Waals surface area contributed by atoms with Gasteiger partial charge in [-0.1, -0.05) is 26.8 Å². The molecule has 0 saturated carbocycles. The zero-order valence-corrected chi connectivity index (χ0v) is 13.3. The number of rotatable bonds is 4. The molecule has 3 heteroatoms. The predicted molar refractivity (Wildman–Crippen MR) is 79.4 cm³/mol. The molecule has 2 atom stereocenters. The summed E-state index contributed by atoms with van der Waals surface area (Å²) in [7, 11) is 0. The Morgan fingerprint density at radius 2 is 1.95 bits per heavy atom. The quantitative estimate of drug-likeness (QED) is 0.736. The van der Waals surface area contributed by atoms with Crippen LogP contribution in [-0.4, -0.2) is 25.3 Å². The van der Waals surface area contributed by atoms with Crippen LogP contribution in [0.1, 0.15) is 53.4 Å². The van der Waals surface area contributed by atoms with E-state index >= 15 is 0 Å². The molecule has 0 aromatic heterocycles. The normalized spacial score (nSPS) is 32.5. The number of aldehydes is 1. The second-order valence-corrected chi connectivity index (χ2v) is 7.40. The lowest BCUT2D eigenvalue weighted by Gasteiger charge is -2.42. The lowest BCUT2D eigenvalue weighted by Crippen LogP contribution is -2.45. The summed E-state index contributed by atoms with van der Waals surface area (Å²) in [6.45, 7) is 10.1. The van der Waals surface area contributed by atoms with Crippen LogP contribution in [-0.2, 0) is 14.3 Å². The summed E-state index contributed by atoms with van der Waals surface area (Å²) in [6, 6.07) is 0. The SMILES string of the molecule is C[C@@H]1CCC=C(C=O)[C@H]1CCC1(C)OCC(C)(C)CO1. The highest BCUT2D eigenvalue weighted by Gasteiger charge is 2.37. The third-order valence-electron chi connectivity index (χ3n) is 4.70. The van der Waals surface area contributed by atoms with Crippen LogP contribution in [0.25, 0.3) is 0 Å². The second kappa shape index (κ2) is 5.98. The first kappa shape index (κ1) is 15.7. The molecule has 1 saturated heterocycles. The van der Waals surface area contributed by atoms with Crippen LogP contribution >= 0.6 is 0 Å². The molecular weight excluding hydrogens is 252 g/mol. The molecule has 0 bridgehead atoms. The first-order chi connectivity index (χ1) is 9.35. The van der Waals surface area contributed by atoms with Gasteiger partial charge in [0.15, 0.2) is 5.79 Å². The minimum absolute atomic E-state index is 0.103. The van der Waals surface area contributed by atoms with Crippen LogP contribution in [0.4, 0.5) is 0 Å². The maximum atomic E-state index is 11.2. The fraction of sp³-hybridized carbons (Fsp3) is 0.824. The highest BCUT2D eigenvalue weighted by Crippen LogP contribution is 2.37. The summed E-state index contributed by atoms with van der Waals surface area (Å²) in [6.07, 6.45) is 7.16. The topological polar surface area (TPSA) is 35.5 Å². The van der Waals surface area contributed by atoms with E-state index in [1.165, 1.54) is 6.42 Å². The second-order valence-electron chi connectivity index (χ2n) is 7.40. The van der Waals surface area contributed by atoms with Gasteiger partial charge in [0.25, 0.3) is 0 Å². The fourth-order valence-electron chi connectivity index (χ4n) is 3.12. The van der Waals surface area contributed by atoms with Gasteiger partial charge in [-0.2, -0.15) is 0 Å². The first-order valence-corrected chi connectivity index (χ1v) is 7.78. The highest BCUT2D eigenvalue weighted by molar-refractivity contribution is 5.74. The summed E-state index contributed by atoms with van der Waals surface area (Å²) in [5.74, 6) is 0.449. The van der Waals surface area contributed by atoms with Gasteiger partial charge in [0, 0.05) is 11.8 Å². The van der Waals surface area contributed by atoms with E-state index < -0.39 is 5.79 Å². The molecule has 0 amide bonds. The van der Waals surface area contributed by atoms with Crippen molar-refractivity contribution in [1.82, 2.24) is 0 Å². The van der Waals surface area contributed by atoms with Gasteiger partial charge in [-0.25, -0.2) is 0 Å². The van der Waals surface area contributed by atoms with E-state index in [4.69, 9.17) is 9.47 Å². The van der Waals surface area contributed by atoms with Crippen LogP contribution in [0.2, 0.25) is 0 Å². The maximum absolute atomic E-state index is 11.2. The van der Waals surface area contributed by atoms with Crippen molar-refractivity contribution in [2.75, 3.05) is 13.2 Å². The third-order valence-corrected chi connectivity index (χ3v) is 4.70. The van der Waals surface area contributed by atoms with Crippen LogP contribution < -0.4 is 0 Å². The monoisotopic (exact) mass is 280 g/mol. The molecule has 1 aliphatic carbocycles. The molecule has 114 valence electrons. The maximum Gasteiger partial charge on any atom is 0.165 e. The molecule has 0 aromatic rings. The lowest BCUT2D eigenvalue weighted by atomic mass is 9.77. The third kappa shape index (κ3) is 3.70. The molecule has 3 nitrogen and oxygen atoms in total. The first-order valence-electron chi connectivity index (χ1n) is 7.78. The van der Waals surface area contributed by atoms with Crippen molar-refractivity contribution < 1.29 is 14.3 Å². The number of allylic oxidation sites excluding steroid dienone is 2. The van der Waals surface area contributed by atoms with Gasteiger partial charge in [-0.3, -0.25) is 4.79 Å². The average molecular weight is 280 g/mol. The Balaban J connectivity index is 1.92. The molecule has 1 fully saturated rings. The van der Waals surface area contributed by atoms with E-state index in [0.29, 0.717) is 11.8 Å². The van der Waals surface area contributed by atoms with E-state index in [1.807, 2.05) is 6.92 Å². The lowest BCUT2D eigenvalue weighted by molar-refractivity contribution is -0.293. The van der Waals surface area contributed by atoms with Crippen molar-refractivity contribution in [2.24, 2.45) is 17.3 Å². The van der Waals surface area contributed by atoms with E-state index in [1.54, 1.807) is 0 Å². The minimum atomic E-state index is -0.485. The Bertz CT molecular complexity index is 374. The number of hydrogen-bond donors (Lipinski definition) is 0. The van der Waals surface area contributed by atoms with Gasteiger partial charge in [-0.15, -0.1) is 0 Å². The van der Waals surface area contributed by atoms with Crippen molar-refractivity contribution >= 4 is 6.29 Å². The van der Waals surface area contributed by atoms with Crippen molar-refractivity contribution in [3.63, 3.8) is 0 Å². The zero-order chi connectivity index (χ0) is 14.8. The van der Waals surface area contributed by atoms with Crippen LogP contribution in [0.5, 0.6) is 0 Å². The average Bonchev–Trinajstić information content (AvgIpc) is 2.41. The van der Waals surface area contributed by atoms with E-state index in [0.717, 1.165) is 44.3 Å². The Hall–Kier alpha value is -0.670. The molecule has 2 rings (SSSR count).